The Morgan fingerprint density at radius 2 is 1.63 bits per heavy atom. The first-order valence-electron chi connectivity index (χ1n) is 12.5. The maximum absolute atomic E-state index is 11.3. The van der Waals surface area contributed by atoms with Gasteiger partial charge in [0.2, 0.25) is 0 Å². The van der Waals surface area contributed by atoms with Gasteiger partial charge in [0.25, 0.3) is 5.69 Å². The molecule has 5 aromatic rings. The molecule has 0 fully saturated rings. The lowest BCUT2D eigenvalue weighted by atomic mass is 10.1. The molecule has 5 rings (SSSR count). The van der Waals surface area contributed by atoms with Gasteiger partial charge in [0.1, 0.15) is 5.75 Å². The summed E-state index contributed by atoms with van der Waals surface area (Å²) >= 11 is 3.57. The third kappa shape index (κ3) is 4.65. The van der Waals surface area contributed by atoms with Crippen molar-refractivity contribution in [2.45, 2.75) is 39.4 Å². The molecule has 6 nitrogen and oxygen atoms in total. The number of halogens is 1. The van der Waals surface area contributed by atoms with Gasteiger partial charge in [-0.15, -0.1) is 0 Å². The predicted octanol–water partition coefficient (Wildman–Crippen LogP) is 9.44. The van der Waals surface area contributed by atoms with Crippen LogP contribution in [-0.2, 0) is 6.54 Å². The molecule has 0 radical (unpaired) electrons. The van der Waals surface area contributed by atoms with Crippen molar-refractivity contribution >= 4 is 61.7 Å². The minimum Gasteiger partial charge on any atom is -0.455 e. The molecule has 0 aliphatic rings. The van der Waals surface area contributed by atoms with E-state index in [9.17, 15) is 10.1 Å². The SMILES string of the molecule is CCn1c2ccccc2c2cc(P(=Nc3ccc([N+](=O)[O-])cc3)(Oc3cccc(Br)c3)C(C)(C)C)ccc21. The lowest BCUT2D eigenvalue weighted by Gasteiger charge is -2.37. The summed E-state index contributed by atoms with van der Waals surface area (Å²) in [4.78, 5) is 10.9. The third-order valence-electron chi connectivity index (χ3n) is 6.68. The van der Waals surface area contributed by atoms with Crippen molar-refractivity contribution in [1.82, 2.24) is 4.57 Å². The van der Waals surface area contributed by atoms with Crippen LogP contribution in [0.5, 0.6) is 5.75 Å². The highest BCUT2D eigenvalue weighted by atomic mass is 79.9. The van der Waals surface area contributed by atoms with E-state index < -0.39 is 17.4 Å². The molecule has 194 valence electrons. The van der Waals surface area contributed by atoms with Crippen LogP contribution in [0.3, 0.4) is 0 Å². The zero-order valence-corrected chi connectivity index (χ0v) is 24.2. The van der Waals surface area contributed by atoms with E-state index in [4.69, 9.17) is 9.27 Å². The minimum atomic E-state index is -2.79. The molecule has 8 heteroatoms. The number of nitro groups is 1. The van der Waals surface area contributed by atoms with Crippen LogP contribution in [0.4, 0.5) is 11.4 Å². The van der Waals surface area contributed by atoms with E-state index in [1.165, 1.54) is 28.6 Å². The van der Waals surface area contributed by atoms with E-state index in [1.807, 2.05) is 24.3 Å². The van der Waals surface area contributed by atoms with Gasteiger partial charge in [-0.2, -0.15) is 0 Å². The standard InChI is InChI=1S/C30H29BrN3O3P/c1-5-33-28-12-7-6-11-26(28)27-20-25(17-18-29(27)33)38(30(2,3)4,37-24-10-8-9-21(31)19-24)32-22-13-15-23(16-14-22)34(35)36/h6-20H,5H2,1-4H3. The number of hydrogen-bond acceptors (Lipinski definition) is 4. The summed E-state index contributed by atoms with van der Waals surface area (Å²) < 4.78 is 15.5. The molecule has 0 saturated heterocycles. The molecule has 1 heterocycles. The molecule has 4 aromatic carbocycles. The van der Waals surface area contributed by atoms with Gasteiger partial charge in [0, 0.05) is 55.4 Å². The largest absolute Gasteiger partial charge is 0.455 e. The molecule has 1 atom stereocenters. The average Bonchev–Trinajstić information content (AvgIpc) is 3.21. The monoisotopic (exact) mass is 589 g/mol. The van der Waals surface area contributed by atoms with E-state index in [0.29, 0.717) is 11.4 Å². The van der Waals surface area contributed by atoms with Gasteiger partial charge >= 0.3 is 0 Å². The van der Waals surface area contributed by atoms with Gasteiger partial charge in [0.15, 0.2) is 7.28 Å². The smallest absolute Gasteiger partial charge is 0.269 e. The maximum Gasteiger partial charge on any atom is 0.269 e. The summed E-state index contributed by atoms with van der Waals surface area (Å²) in [7, 11) is -2.79. The fraction of sp³-hybridized carbons (Fsp3) is 0.200. The second-order valence-corrected chi connectivity index (χ2v) is 14.4. The molecular formula is C30H29BrN3O3P. The van der Waals surface area contributed by atoms with Crippen LogP contribution >= 0.6 is 23.2 Å². The number of nitrogens with zero attached hydrogens (tertiary/aromatic N) is 3. The van der Waals surface area contributed by atoms with E-state index in [2.05, 4.69) is 90.7 Å². The molecule has 0 amide bonds. The molecule has 0 bridgehead atoms. The van der Waals surface area contributed by atoms with Gasteiger partial charge in [-0.25, -0.2) is 4.74 Å². The summed E-state index contributed by atoms with van der Waals surface area (Å²) in [5, 5.41) is 14.2. The molecule has 0 aliphatic heterocycles. The molecule has 0 saturated carbocycles. The minimum absolute atomic E-state index is 0.0327. The Morgan fingerprint density at radius 1 is 0.921 bits per heavy atom. The molecule has 0 aliphatic carbocycles. The molecule has 0 spiro atoms. The van der Waals surface area contributed by atoms with Crippen molar-refractivity contribution in [2.75, 3.05) is 0 Å². The van der Waals surface area contributed by atoms with Gasteiger partial charge in [-0.1, -0.05) is 61.0 Å². The van der Waals surface area contributed by atoms with Gasteiger partial charge < -0.3 is 9.09 Å². The highest BCUT2D eigenvalue weighted by Crippen LogP contribution is 2.62. The van der Waals surface area contributed by atoms with Crippen LogP contribution < -0.4 is 9.83 Å². The van der Waals surface area contributed by atoms with Crippen LogP contribution in [0.1, 0.15) is 27.7 Å². The number of non-ortho nitro benzene ring substituents is 1. The quantitative estimate of drug-likeness (QED) is 0.112. The number of hydrogen-bond donors (Lipinski definition) is 0. The lowest BCUT2D eigenvalue weighted by Crippen LogP contribution is -2.27. The maximum atomic E-state index is 11.3. The van der Waals surface area contributed by atoms with Crippen LogP contribution in [0.25, 0.3) is 21.8 Å². The van der Waals surface area contributed by atoms with E-state index in [0.717, 1.165) is 21.7 Å². The summed E-state index contributed by atoms with van der Waals surface area (Å²) in [5.41, 5.74) is 3.04. The Morgan fingerprint density at radius 3 is 2.29 bits per heavy atom. The number of aryl methyl sites for hydroxylation is 1. The fourth-order valence-electron chi connectivity index (χ4n) is 4.86. The number of fused-ring (bicyclic) bond motifs is 3. The Labute approximate surface area is 230 Å². The third-order valence-corrected chi connectivity index (χ3v) is 11.0. The molecule has 1 aromatic heterocycles. The van der Waals surface area contributed by atoms with Crippen molar-refractivity contribution in [2.24, 2.45) is 4.74 Å². The Balaban J connectivity index is 1.83. The number of para-hydroxylation sites is 1. The van der Waals surface area contributed by atoms with Crippen molar-refractivity contribution in [3.05, 3.63) is 106 Å². The van der Waals surface area contributed by atoms with Crippen molar-refractivity contribution in [3.8, 4) is 5.75 Å². The van der Waals surface area contributed by atoms with Crippen molar-refractivity contribution in [1.29, 1.82) is 0 Å². The zero-order chi connectivity index (χ0) is 27.1. The van der Waals surface area contributed by atoms with Crippen molar-refractivity contribution in [3.63, 3.8) is 0 Å². The lowest BCUT2D eigenvalue weighted by molar-refractivity contribution is -0.384. The average molecular weight is 590 g/mol. The summed E-state index contributed by atoms with van der Waals surface area (Å²) in [5.74, 6) is 0.712. The Bertz CT molecular complexity index is 1720. The number of aromatic nitrogens is 1. The van der Waals surface area contributed by atoms with Crippen LogP contribution in [0, 0.1) is 10.1 Å². The normalized spacial score (nSPS) is 13.4. The molecule has 0 N–H and O–H groups in total. The van der Waals surface area contributed by atoms with Crippen LogP contribution in [0.2, 0.25) is 0 Å². The van der Waals surface area contributed by atoms with E-state index in [-0.39, 0.29) is 5.69 Å². The van der Waals surface area contributed by atoms with E-state index >= 15 is 0 Å². The second kappa shape index (κ2) is 10.0. The Hall–Kier alpha value is -3.41. The first-order chi connectivity index (χ1) is 18.1. The highest BCUT2D eigenvalue weighted by Gasteiger charge is 2.39. The molecule has 38 heavy (non-hydrogen) atoms. The van der Waals surface area contributed by atoms with Crippen LogP contribution in [0.15, 0.2) is 100 Å². The molecular weight excluding hydrogens is 561 g/mol. The first-order valence-corrected chi connectivity index (χ1v) is 14.9. The van der Waals surface area contributed by atoms with Gasteiger partial charge in [-0.3, -0.25) is 10.1 Å². The Kier molecular flexibility index (Phi) is 6.93. The highest BCUT2D eigenvalue weighted by molar-refractivity contribution is 9.10. The summed E-state index contributed by atoms with van der Waals surface area (Å²) in [6, 6.07) is 29.2. The van der Waals surface area contributed by atoms with Gasteiger partial charge in [0.05, 0.1) is 10.6 Å². The van der Waals surface area contributed by atoms with Gasteiger partial charge in [-0.05, 0) is 61.5 Å². The summed E-state index contributed by atoms with van der Waals surface area (Å²) in [6.45, 7) is 9.46. The number of benzene rings is 4. The fourth-order valence-corrected chi connectivity index (χ4v) is 8.30. The second-order valence-electron chi connectivity index (χ2n) is 10.1. The number of rotatable bonds is 6. The van der Waals surface area contributed by atoms with Crippen molar-refractivity contribution < 1.29 is 9.45 Å². The van der Waals surface area contributed by atoms with E-state index in [1.54, 1.807) is 12.1 Å². The topological polar surface area (TPSA) is 69.7 Å². The number of nitro benzene ring substituents is 1. The first kappa shape index (κ1) is 26.2. The summed E-state index contributed by atoms with van der Waals surface area (Å²) in [6.07, 6.45) is 0. The zero-order valence-electron chi connectivity index (χ0n) is 21.8. The van der Waals surface area contributed by atoms with Crippen LogP contribution in [-0.4, -0.2) is 14.6 Å². The predicted molar refractivity (Wildman–Crippen MR) is 161 cm³/mol. The molecule has 1 unspecified atom stereocenters.